The Balaban J connectivity index is 1.71. The number of hydrazone groups is 1. The second-order valence-corrected chi connectivity index (χ2v) is 4.68. The van der Waals surface area contributed by atoms with Crippen LogP contribution < -0.4 is 5.43 Å². The van der Waals surface area contributed by atoms with Crippen molar-refractivity contribution in [3.05, 3.63) is 46.5 Å². The number of hydrogen-bond acceptors (Lipinski definition) is 6. The van der Waals surface area contributed by atoms with E-state index in [4.69, 9.17) is 9.25 Å². The lowest BCUT2D eigenvalue weighted by atomic mass is 10.3. The summed E-state index contributed by atoms with van der Waals surface area (Å²) in [4.78, 5) is 17.3. The molecule has 0 spiro atoms. The molecule has 104 valence electrons. The molecule has 0 atom stereocenters. The molecule has 0 saturated carbocycles. The molecule has 0 aliphatic carbocycles. The number of thiophene rings is 1. The standard InChI is InChI=1S/C13H13N3O3S/c1-10(12-5-3-7-20-12)16-19-9-13(17)15-14-8-11-4-2-6-18-11/h2-8H,9H2,1H3,(H,15,17). The number of hydrogen-bond donors (Lipinski definition) is 1. The molecule has 0 aliphatic rings. The number of carbonyl (C=O) groups excluding carboxylic acids is 1. The Labute approximate surface area is 119 Å². The second kappa shape index (κ2) is 7.25. The Kier molecular flexibility index (Phi) is 5.08. The van der Waals surface area contributed by atoms with E-state index in [1.54, 1.807) is 23.5 Å². The van der Waals surface area contributed by atoms with E-state index < -0.39 is 5.91 Å². The van der Waals surface area contributed by atoms with Crippen LogP contribution in [0.5, 0.6) is 0 Å². The van der Waals surface area contributed by atoms with Crippen molar-refractivity contribution in [3.63, 3.8) is 0 Å². The van der Waals surface area contributed by atoms with Crippen LogP contribution in [0, 0.1) is 0 Å². The number of amides is 1. The van der Waals surface area contributed by atoms with Crippen LogP contribution >= 0.6 is 11.3 Å². The van der Waals surface area contributed by atoms with Gasteiger partial charge in [0, 0.05) is 0 Å². The highest BCUT2D eigenvalue weighted by Gasteiger charge is 2.01. The van der Waals surface area contributed by atoms with E-state index >= 15 is 0 Å². The highest BCUT2D eigenvalue weighted by atomic mass is 32.1. The maximum Gasteiger partial charge on any atom is 0.280 e. The number of carbonyl (C=O) groups is 1. The highest BCUT2D eigenvalue weighted by Crippen LogP contribution is 2.09. The first-order valence-electron chi connectivity index (χ1n) is 5.81. The summed E-state index contributed by atoms with van der Waals surface area (Å²) in [7, 11) is 0. The molecular formula is C13H13N3O3S. The first-order valence-corrected chi connectivity index (χ1v) is 6.69. The normalized spacial score (nSPS) is 11.8. The number of furan rings is 1. The number of nitrogens with zero attached hydrogens (tertiary/aromatic N) is 2. The van der Waals surface area contributed by atoms with Crippen LogP contribution in [0.1, 0.15) is 17.6 Å². The van der Waals surface area contributed by atoms with Crippen molar-refractivity contribution in [1.29, 1.82) is 0 Å². The van der Waals surface area contributed by atoms with Gasteiger partial charge in [0.25, 0.3) is 5.91 Å². The first-order chi connectivity index (χ1) is 9.75. The van der Waals surface area contributed by atoms with Gasteiger partial charge in [-0.15, -0.1) is 11.3 Å². The van der Waals surface area contributed by atoms with Gasteiger partial charge in [-0.05, 0) is 30.5 Å². The molecular weight excluding hydrogens is 278 g/mol. The maximum atomic E-state index is 11.4. The van der Waals surface area contributed by atoms with Crippen LogP contribution in [0.4, 0.5) is 0 Å². The summed E-state index contributed by atoms with van der Waals surface area (Å²) in [5, 5.41) is 9.53. The quantitative estimate of drug-likeness (QED) is 0.655. The summed E-state index contributed by atoms with van der Waals surface area (Å²) < 4.78 is 5.02. The first kappa shape index (κ1) is 14.0. The van der Waals surface area contributed by atoms with Gasteiger partial charge in [-0.3, -0.25) is 4.79 Å². The largest absolute Gasteiger partial charge is 0.463 e. The Morgan fingerprint density at radius 3 is 3.10 bits per heavy atom. The van der Waals surface area contributed by atoms with E-state index in [9.17, 15) is 4.79 Å². The van der Waals surface area contributed by atoms with Gasteiger partial charge in [0.2, 0.25) is 0 Å². The Morgan fingerprint density at radius 1 is 1.50 bits per heavy atom. The lowest BCUT2D eigenvalue weighted by molar-refractivity contribution is -0.125. The van der Waals surface area contributed by atoms with Crippen LogP contribution in [0.15, 0.2) is 50.6 Å². The van der Waals surface area contributed by atoms with Gasteiger partial charge in [-0.25, -0.2) is 5.43 Å². The van der Waals surface area contributed by atoms with Gasteiger partial charge in [-0.2, -0.15) is 5.10 Å². The maximum absolute atomic E-state index is 11.4. The van der Waals surface area contributed by atoms with Crippen LogP contribution in [0.3, 0.4) is 0 Å². The van der Waals surface area contributed by atoms with Crippen molar-refractivity contribution in [2.75, 3.05) is 6.61 Å². The molecule has 6 nitrogen and oxygen atoms in total. The average Bonchev–Trinajstić information content (AvgIpc) is 3.12. The molecule has 2 rings (SSSR count). The summed E-state index contributed by atoms with van der Waals surface area (Å²) >= 11 is 1.56. The van der Waals surface area contributed by atoms with Gasteiger partial charge in [0.05, 0.1) is 23.1 Å². The Bertz CT molecular complexity index is 588. The van der Waals surface area contributed by atoms with E-state index in [1.807, 2.05) is 24.4 Å². The van der Waals surface area contributed by atoms with E-state index in [2.05, 4.69) is 15.7 Å². The molecule has 1 amide bonds. The zero-order valence-electron chi connectivity index (χ0n) is 10.8. The zero-order valence-corrected chi connectivity index (χ0v) is 11.6. The van der Waals surface area contributed by atoms with E-state index in [0.717, 1.165) is 10.6 Å². The van der Waals surface area contributed by atoms with Crippen molar-refractivity contribution in [3.8, 4) is 0 Å². The lowest BCUT2D eigenvalue weighted by Crippen LogP contribution is -2.22. The summed E-state index contributed by atoms with van der Waals surface area (Å²) in [6, 6.07) is 7.31. The molecule has 0 aliphatic heterocycles. The molecule has 7 heteroatoms. The summed E-state index contributed by atoms with van der Waals surface area (Å²) in [5.41, 5.74) is 3.04. The van der Waals surface area contributed by atoms with Gasteiger partial charge >= 0.3 is 0 Å². The van der Waals surface area contributed by atoms with Crippen LogP contribution in [-0.2, 0) is 9.63 Å². The molecule has 0 bridgehead atoms. The van der Waals surface area contributed by atoms with Gasteiger partial charge in [-0.1, -0.05) is 11.2 Å². The van der Waals surface area contributed by atoms with Gasteiger partial charge < -0.3 is 9.25 Å². The predicted molar refractivity (Wildman–Crippen MR) is 76.9 cm³/mol. The van der Waals surface area contributed by atoms with Crippen molar-refractivity contribution in [1.82, 2.24) is 5.43 Å². The summed E-state index contributed by atoms with van der Waals surface area (Å²) in [5.74, 6) is 0.160. The van der Waals surface area contributed by atoms with E-state index in [-0.39, 0.29) is 6.61 Å². The van der Waals surface area contributed by atoms with Crippen molar-refractivity contribution in [2.24, 2.45) is 10.3 Å². The third-order valence-electron chi connectivity index (χ3n) is 2.20. The van der Waals surface area contributed by atoms with Crippen LogP contribution in [0.25, 0.3) is 0 Å². The zero-order chi connectivity index (χ0) is 14.2. The predicted octanol–water partition coefficient (Wildman–Crippen LogP) is 2.23. The summed E-state index contributed by atoms with van der Waals surface area (Å²) in [6.07, 6.45) is 2.92. The van der Waals surface area contributed by atoms with Crippen molar-refractivity contribution in [2.45, 2.75) is 6.92 Å². The fraction of sp³-hybridized carbons (Fsp3) is 0.154. The highest BCUT2D eigenvalue weighted by molar-refractivity contribution is 7.12. The molecule has 2 aromatic rings. The monoisotopic (exact) mass is 291 g/mol. The Hall–Kier alpha value is -2.41. The smallest absolute Gasteiger partial charge is 0.280 e. The third kappa shape index (κ3) is 4.36. The lowest BCUT2D eigenvalue weighted by Gasteiger charge is -1.99. The summed E-state index contributed by atoms with van der Waals surface area (Å²) in [6.45, 7) is 1.62. The second-order valence-electron chi connectivity index (χ2n) is 3.74. The van der Waals surface area contributed by atoms with Crippen LogP contribution in [0.2, 0.25) is 0 Å². The van der Waals surface area contributed by atoms with E-state index in [0.29, 0.717) is 5.76 Å². The number of rotatable bonds is 6. The van der Waals surface area contributed by atoms with Crippen molar-refractivity contribution >= 4 is 29.2 Å². The fourth-order valence-corrected chi connectivity index (χ4v) is 1.95. The Morgan fingerprint density at radius 2 is 2.40 bits per heavy atom. The molecule has 2 aromatic heterocycles. The van der Waals surface area contributed by atoms with E-state index in [1.165, 1.54) is 12.5 Å². The molecule has 0 aromatic carbocycles. The molecule has 1 N–H and O–H groups in total. The van der Waals surface area contributed by atoms with Gasteiger partial charge in [0.1, 0.15) is 5.76 Å². The molecule has 0 fully saturated rings. The third-order valence-corrected chi connectivity index (χ3v) is 3.18. The minimum atomic E-state index is -0.393. The number of oxime groups is 1. The van der Waals surface area contributed by atoms with Crippen LogP contribution in [-0.4, -0.2) is 24.4 Å². The minimum Gasteiger partial charge on any atom is -0.463 e. The molecule has 0 radical (unpaired) electrons. The number of nitrogens with one attached hydrogen (secondary N) is 1. The van der Waals surface area contributed by atoms with Crippen molar-refractivity contribution < 1.29 is 14.0 Å². The SMILES string of the molecule is CC(=NOCC(=O)NN=Cc1ccco1)c1cccs1. The minimum absolute atomic E-state index is 0.196. The topological polar surface area (TPSA) is 76.2 Å². The molecule has 0 saturated heterocycles. The molecule has 2 heterocycles. The molecule has 0 unspecified atom stereocenters. The van der Waals surface area contributed by atoms with Gasteiger partial charge in [0.15, 0.2) is 6.61 Å². The fourth-order valence-electron chi connectivity index (χ4n) is 1.28. The molecule has 20 heavy (non-hydrogen) atoms. The average molecular weight is 291 g/mol.